The molecule has 1 aliphatic carbocycles. The summed E-state index contributed by atoms with van der Waals surface area (Å²) in [5, 5.41) is 0. The van der Waals surface area contributed by atoms with E-state index >= 15 is 0 Å². The number of para-hydroxylation sites is 1. The van der Waals surface area contributed by atoms with Gasteiger partial charge in [0.15, 0.2) is 0 Å². The van der Waals surface area contributed by atoms with Gasteiger partial charge in [-0.25, -0.2) is 0 Å². The van der Waals surface area contributed by atoms with Crippen molar-refractivity contribution in [2.45, 2.75) is 50.7 Å². The van der Waals surface area contributed by atoms with Gasteiger partial charge in [0.1, 0.15) is 12.4 Å². The van der Waals surface area contributed by atoms with Gasteiger partial charge in [-0.15, -0.1) is 0 Å². The minimum absolute atomic E-state index is 0.0595. The van der Waals surface area contributed by atoms with E-state index < -0.39 is 0 Å². The predicted molar refractivity (Wildman–Crippen MR) is 81.8 cm³/mol. The zero-order valence-corrected chi connectivity index (χ0v) is 12.6. The van der Waals surface area contributed by atoms with Gasteiger partial charge in [-0.05, 0) is 44.7 Å². The van der Waals surface area contributed by atoms with Gasteiger partial charge < -0.3 is 10.5 Å². The number of benzene rings is 1. The number of ether oxygens (including phenoxy) is 1. The van der Waals surface area contributed by atoms with Gasteiger partial charge in [0, 0.05) is 11.6 Å². The molecule has 0 saturated heterocycles. The Morgan fingerprint density at radius 3 is 2.60 bits per heavy atom. The number of likely N-dealkylation sites (N-methyl/N-ethyl adjacent to an activating group) is 1. The van der Waals surface area contributed by atoms with Crippen LogP contribution in [0.2, 0.25) is 0 Å². The van der Waals surface area contributed by atoms with Crippen LogP contribution < -0.4 is 10.5 Å². The summed E-state index contributed by atoms with van der Waals surface area (Å²) in [4.78, 5) is 2.48. The fraction of sp³-hybridized carbons (Fsp3) is 0.647. The van der Waals surface area contributed by atoms with Gasteiger partial charge in [-0.2, -0.15) is 0 Å². The monoisotopic (exact) mass is 274 g/mol. The Hall–Kier alpha value is -1.06. The maximum atomic E-state index is 6.50. The predicted octanol–water partition coefficient (Wildman–Crippen LogP) is 2.96. The maximum Gasteiger partial charge on any atom is 0.124 e. The zero-order chi connectivity index (χ0) is 14.1. The summed E-state index contributed by atoms with van der Waals surface area (Å²) < 4.78 is 5.92. The van der Waals surface area contributed by atoms with Crippen LogP contribution in [0.4, 0.5) is 0 Å². The van der Waals surface area contributed by atoms with Crippen LogP contribution in [-0.2, 0) is 0 Å². The zero-order valence-electron chi connectivity index (χ0n) is 12.6. The average Bonchev–Trinajstić information content (AvgIpc) is 2.48. The van der Waals surface area contributed by atoms with Crippen LogP contribution in [0.5, 0.6) is 5.75 Å². The molecule has 2 unspecified atom stereocenters. The summed E-state index contributed by atoms with van der Waals surface area (Å²) in [6.45, 7) is 3.07. The Bertz CT molecular complexity index is 454. The second kappa shape index (κ2) is 5.74. The molecule has 0 spiro atoms. The van der Waals surface area contributed by atoms with E-state index in [-0.39, 0.29) is 6.04 Å². The van der Waals surface area contributed by atoms with Crippen molar-refractivity contribution in [3.8, 4) is 5.75 Å². The molecular formula is C17H26N2O. The highest BCUT2D eigenvalue weighted by atomic mass is 16.5. The summed E-state index contributed by atoms with van der Waals surface area (Å²) in [5.41, 5.74) is 7.66. The number of rotatable bonds is 2. The molecule has 1 saturated carbocycles. The molecule has 1 aliphatic heterocycles. The molecule has 1 heterocycles. The highest BCUT2D eigenvalue weighted by Gasteiger charge is 2.34. The lowest BCUT2D eigenvalue weighted by atomic mass is 9.85. The molecule has 1 fully saturated rings. The second-order valence-electron chi connectivity index (χ2n) is 6.52. The minimum Gasteiger partial charge on any atom is -0.492 e. The van der Waals surface area contributed by atoms with E-state index in [1.165, 1.54) is 25.7 Å². The van der Waals surface area contributed by atoms with Crippen molar-refractivity contribution >= 4 is 0 Å². The molecule has 2 N–H and O–H groups in total. The van der Waals surface area contributed by atoms with Crippen LogP contribution in [0.3, 0.4) is 0 Å². The number of nitrogens with zero attached hydrogens (tertiary/aromatic N) is 1. The fourth-order valence-electron chi connectivity index (χ4n) is 3.66. The fourth-order valence-corrected chi connectivity index (χ4v) is 3.66. The molecule has 0 aromatic heterocycles. The summed E-state index contributed by atoms with van der Waals surface area (Å²) in [6, 6.07) is 9.20. The molecule has 110 valence electrons. The Labute approximate surface area is 122 Å². The first-order valence-corrected chi connectivity index (χ1v) is 7.86. The average molecular weight is 274 g/mol. The van der Waals surface area contributed by atoms with Crippen molar-refractivity contribution in [1.82, 2.24) is 4.90 Å². The molecule has 1 aromatic carbocycles. The topological polar surface area (TPSA) is 38.5 Å². The standard InChI is InChI=1S/C17H26N2O/c1-12-7-9-13(10-8-12)19(2)15-11-20-16-6-4-3-5-14(16)17(15)18/h3-6,12-13,15,17H,7-11,18H2,1-2H3. The van der Waals surface area contributed by atoms with Gasteiger partial charge in [0.2, 0.25) is 0 Å². The maximum absolute atomic E-state index is 6.50. The third-order valence-corrected chi connectivity index (χ3v) is 5.19. The largest absolute Gasteiger partial charge is 0.492 e. The summed E-state index contributed by atoms with van der Waals surface area (Å²) in [5.74, 6) is 1.85. The van der Waals surface area contributed by atoms with E-state index in [1.54, 1.807) is 0 Å². The van der Waals surface area contributed by atoms with Crippen LogP contribution in [-0.4, -0.2) is 30.6 Å². The first kappa shape index (κ1) is 13.9. The molecule has 0 bridgehead atoms. The lowest BCUT2D eigenvalue weighted by molar-refractivity contribution is 0.0629. The normalized spacial score (nSPS) is 33.6. The van der Waals surface area contributed by atoms with Crippen molar-refractivity contribution in [2.24, 2.45) is 11.7 Å². The van der Waals surface area contributed by atoms with Crippen molar-refractivity contribution in [2.75, 3.05) is 13.7 Å². The van der Waals surface area contributed by atoms with E-state index in [0.29, 0.717) is 18.7 Å². The first-order chi connectivity index (χ1) is 9.66. The van der Waals surface area contributed by atoms with Crippen molar-refractivity contribution in [3.05, 3.63) is 29.8 Å². The SMILES string of the molecule is CC1CCC(N(C)C2COc3ccccc3C2N)CC1. The van der Waals surface area contributed by atoms with Gasteiger partial charge in [-0.1, -0.05) is 25.1 Å². The molecule has 3 nitrogen and oxygen atoms in total. The molecule has 20 heavy (non-hydrogen) atoms. The Morgan fingerprint density at radius 1 is 1.15 bits per heavy atom. The van der Waals surface area contributed by atoms with Crippen LogP contribution in [0.25, 0.3) is 0 Å². The Balaban J connectivity index is 1.72. The van der Waals surface area contributed by atoms with Crippen molar-refractivity contribution in [1.29, 1.82) is 0 Å². The highest BCUT2D eigenvalue weighted by molar-refractivity contribution is 5.38. The molecule has 0 amide bonds. The van der Waals surface area contributed by atoms with Gasteiger partial charge in [-0.3, -0.25) is 4.90 Å². The molecule has 3 rings (SSSR count). The summed E-state index contributed by atoms with van der Waals surface area (Å²) in [6.07, 6.45) is 5.27. The first-order valence-electron chi connectivity index (χ1n) is 7.86. The van der Waals surface area contributed by atoms with Gasteiger partial charge in [0.25, 0.3) is 0 Å². The van der Waals surface area contributed by atoms with Crippen LogP contribution in [0, 0.1) is 5.92 Å². The van der Waals surface area contributed by atoms with Crippen LogP contribution in [0.1, 0.15) is 44.2 Å². The molecule has 2 aliphatic rings. The lowest BCUT2D eigenvalue weighted by Crippen LogP contribution is -2.51. The minimum atomic E-state index is 0.0595. The van der Waals surface area contributed by atoms with Gasteiger partial charge in [0.05, 0.1) is 12.1 Å². The quantitative estimate of drug-likeness (QED) is 0.901. The van der Waals surface area contributed by atoms with Crippen molar-refractivity contribution < 1.29 is 4.74 Å². The third-order valence-electron chi connectivity index (χ3n) is 5.19. The third kappa shape index (κ3) is 2.57. The summed E-state index contributed by atoms with van der Waals surface area (Å²) >= 11 is 0. The molecule has 1 aromatic rings. The Morgan fingerprint density at radius 2 is 1.85 bits per heavy atom. The van der Waals surface area contributed by atoms with Crippen LogP contribution in [0.15, 0.2) is 24.3 Å². The van der Waals surface area contributed by atoms with E-state index in [0.717, 1.165) is 17.2 Å². The van der Waals surface area contributed by atoms with E-state index in [9.17, 15) is 0 Å². The van der Waals surface area contributed by atoms with E-state index in [1.807, 2.05) is 18.2 Å². The van der Waals surface area contributed by atoms with E-state index in [2.05, 4.69) is 24.9 Å². The number of hydrogen-bond acceptors (Lipinski definition) is 3. The summed E-state index contributed by atoms with van der Waals surface area (Å²) in [7, 11) is 2.22. The molecular weight excluding hydrogens is 248 g/mol. The second-order valence-corrected chi connectivity index (χ2v) is 6.52. The number of nitrogens with two attached hydrogens (primary N) is 1. The Kier molecular flexibility index (Phi) is 3.99. The molecule has 0 radical (unpaired) electrons. The molecule has 2 atom stereocenters. The van der Waals surface area contributed by atoms with Crippen LogP contribution >= 0.6 is 0 Å². The van der Waals surface area contributed by atoms with E-state index in [4.69, 9.17) is 10.5 Å². The highest BCUT2D eigenvalue weighted by Crippen LogP contribution is 2.35. The lowest BCUT2D eigenvalue weighted by Gasteiger charge is -2.43. The molecule has 3 heteroatoms. The van der Waals surface area contributed by atoms with Gasteiger partial charge >= 0.3 is 0 Å². The van der Waals surface area contributed by atoms with Crippen molar-refractivity contribution in [3.63, 3.8) is 0 Å². The number of hydrogen-bond donors (Lipinski definition) is 1. The number of fused-ring (bicyclic) bond motifs is 1. The smallest absolute Gasteiger partial charge is 0.124 e.